The van der Waals surface area contributed by atoms with Gasteiger partial charge in [-0.05, 0) is 54.7 Å². The summed E-state index contributed by atoms with van der Waals surface area (Å²) in [5.74, 6) is 2.18. The minimum Gasteiger partial charge on any atom is -0.493 e. The molecule has 0 bridgehead atoms. The molecule has 0 aliphatic heterocycles. The van der Waals surface area contributed by atoms with E-state index < -0.39 is 0 Å². The zero-order valence-electron chi connectivity index (χ0n) is 25.3. The van der Waals surface area contributed by atoms with Gasteiger partial charge in [-0.15, -0.1) is 0 Å². The van der Waals surface area contributed by atoms with Crippen molar-refractivity contribution in [1.82, 2.24) is 19.8 Å². The molecule has 0 radical (unpaired) electrons. The molecule has 0 spiro atoms. The fourth-order valence-corrected chi connectivity index (χ4v) is 6.03. The molecule has 3 aromatic carbocycles. The average Bonchev–Trinajstić information content (AvgIpc) is 3.39. The molecule has 1 fully saturated rings. The number of hydrogen-bond acceptors (Lipinski definition) is 5. The number of rotatable bonds is 13. The third-order valence-electron chi connectivity index (χ3n) is 8.27. The number of methoxy groups -OCH3 is 2. The van der Waals surface area contributed by atoms with Crippen LogP contribution < -0.4 is 14.8 Å². The summed E-state index contributed by atoms with van der Waals surface area (Å²) in [5, 5.41) is 3.03. The first-order chi connectivity index (χ1) is 21.1. The van der Waals surface area contributed by atoms with Crippen molar-refractivity contribution in [2.45, 2.75) is 70.5 Å². The second-order valence-electron chi connectivity index (χ2n) is 11.2. The molecule has 8 heteroatoms. The number of fused-ring (bicyclic) bond motifs is 1. The maximum Gasteiger partial charge on any atom is 0.243 e. The van der Waals surface area contributed by atoms with Crippen molar-refractivity contribution in [2.24, 2.45) is 0 Å². The summed E-state index contributed by atoms with van der Waals surface area (Å²) in [6.45, 7) is 1.40. The van der Waals surface area contributed by atoms with Gasteiger partial charge < -0.3 is 24.3 Å². The highest BCUT2D eigenvalue weighted by Crippen LogP contribution is 2.28. The summed E-state index contributed by atoms with van der Waals surface area (Å²) in [7, 11) is 3.17. The Kier molecular flexibility index (Phi) is 10.3. The van der Waals surface area contributed by atoms with Crippen LogP contribution in [0.1, 0.15) is 55.5 Å². The van der Waals surface area contributed by atoms with E-state index in [2.05, 4.69) is 26.9 Å². The number of aromatic nitrogens is 2. The SMILES string of the molecule is COc1ccc(CC(=O)NCCCc2nc3ccccc3n2CC(=O)N(Cc2ccccc2)C2CCCCC2)cc1OC. The Labute approximate surface area is 254 Å². The summed E-state index contributed by atoms with van der Waals surface area (Å²) < 4.78 is 12.7. The van der Waals surface area contributed by atoms with Crippen molar-refractivity contribution < 1.29 is 19.1 Å². The number of benzene rings is 3. The summed E-state index contributed by atoms with van der Waals surface area (Å²) in [6.07, 6.45) is 7.31. The van der Waals surface area contributed by atoms with Crippen LogP contribution in [0.2, 0.25) is 0 Å². The first-order valence-electron chi connectivity index (χ1n) is 15.3. The van der Waals surface area contributed by atoms with Crippen LogP contribution in [0.25, 0.3) is 11.0 Å². The minimum atomic E-state index is -0.0556. The van der Waals surface area contributed by atoms with Crippen molar-refractivity contribution in [3.63, 3.8) is 0 Å². The Morgan fingerprint density at radius 3 is 2.42 bits per heavy atom. The van der Waals surface area contributed by atoms with Crippen LogP contribution in [-0.4, -0.2) is 53.1 Å². The Morgan fingerprint density at radius 2 is 1.65 bits per heavy atom. The van der Waals surface area contributed by atoms with Gasteiger partial charge in [0, 0.05) is 25.6 Å². The number of ether oxygens (including phenoxy) is 2. The third-order valence-corrected chi connectivity index (χ3v) is 8.27. The van der Waals surface area contributed by atoms with Gasteiger partial charge in [0.15, 0.2) is 11.5 Å². The number of imidazole rings is 1. The van der Waals surface area contributed by atoms with E-state index in [1.54, 1.807) is 14.2 Å². The lowest BCUT2D eigenvalue weighted by molar-refractivity contribution is -0.135. The molecule has 1 aromatic heterocycles. The predicted octanol–water partition coefficient (Wildman–Crippen LogP) is 5.71. The average molecular weight is 583 g/mol. The summed E-state index contributed by atoms with van der Waals surface area (Å²) in [5.41, 5.74) is 3.86. The first-order valence-corrected chi connectivity index (χ1v) is 15.3. The van der Waals surface area contributed by atoms with E-state index in [-0.39, 0.29) is 30.8 Å². The Hall–Kier alpha value is -4.33. The lowest BCUT2D eigenvalue weighted by Crippen LogP contribution is -2.42. The van der Waals surface area contributed by atoms with Gasteiger partial charge in [-0.25, -0.2) is 4.98 Å². The molecule has 0 saturated heterocycles. The highest BCUT2D eigenvalue weighted by atomic mass is 16.5. The number of nitrogens with one attached hydrogen (secondary N) is 1. The van der Waals surface area contributed by atoms with Crippen molar-refractivity contribution in [3.05, 3.63) is 89.7 Å². The number of aryl methyl sites for hydroxylation is 1. The highest BCUT2D eigenvalue weighted by Gasteiger charge is 2.27. The van der Waals surface area contributed by atoms with Gasteiger partial charge in [0.05, 0.1) is 31.7 Å². The Balaban J connectivity index is 1.24. The van der Waals surface area contributed by atoms with Gasteiger partial charge in [-0.2, -0.15) is 0 Å². The molecule has 4 aromatic rings. The van der Waals surface area contributed by atoms with E-state index in [4.69, 9.17) is 14.5 Å². The molecular formula is C35H42N4O4. The van der Waals surface area contributed by atoms with E-state index >= 15 is 0 Å². The molecule has 226 valence electrons. The van der Waals surface area contributed by atoms with Crippen LogP contribution >= 0.6 is 0 Å². The molecule has 0 unspecified atom stereocenters. The normalized spacial score (nSPS) is 13.5. The summed E-state index contributed by atoms with van der Waals surface area (Å²) in [4.78, 5) is 33.6. The smallest absolute Gasteiger partial charge is 0.243 e. The minimum absolute atomic E-state index is 0.0556. The number of hydrogen-bond donors (Lipinski definition) is 1. The molecule has 5 rings (SSSR count). The van der Waals surface area contributed by atoms with Gasteiger partial charge in [0.1, 0.15) is 12.4 Å². The van der Waals surface area contributed by atoms with Gasteiger partial charge in [0.2, 0.25) is 11.8 Å². The van der Waals surface area contributed by atoms with E-state index in [9.17, 15) is 9.59 Å². The van der Waals surface area contributed by atoms with Crippen molar-refractivity contribution in [2.75, 3.05) is 20.8 Å². The van der Waals surface area contributed by atoms with Crippen molar-refractivity contribution >= 4 is 22.8 Å². The van der Waals surface area contributed by atoms with E-state index in [0.29, 0.717) is 37.4 Å². The van der Waals surface area contributed by atoms with Gasteiger partial charge in [0.25, 0.3) is 0 Å². The van der Waals surface area contributed by atoms with Crippen LogP contribution in [0, 0.1) is 0 Å². The fraction of sp³-hybridized carbons (Fsp3) is 0.400. The predicted molar refractivity (Wildman–Crippen MR) is 168 cm³/mol. The number of carbonyl (C=O) groups excluding carboxylic acids is 2. The largest absolute Gasteiger partial charge is 0.493 e. The fourth-order valence-electron chi connectivity index (χ4n) is 6.03. The molecule has 1 saturated carbocycles. The number of carbonyl (C=O) groups is 2. The monoisotopic (exact) mass is 582 g/mol. The van der Waals surface area contributed by atoms with Crippen molar-refractivity contribution in [1.29, 1.82) is 0 Å². The van der Waals surface area contributed by atoms with E-state index in [1.807, 2.05) is 60.7 Å². The standard InChI is InChI=1S/C35H42N4O4/c1-42-31-20-19-27(22-32(31)43-2)23-34(40)36-21-11-18-33-37-29-16-9-10-17-30(29)39(33)25-35(41)38(28-14-7-4-8-15-28)24-26-12-5-3-6-13-26/h3,5-6,9-10,12-13,16-17,19-20,22,28H,4,7-8,11,14-15,18,21,23-25H2,1-2H3,(H,36,40). The topological polar surface area (TPSA) is 85.7 Å². The molecule has 1 aliphatic carbocycles. The van der Waals surface area contributed by atoms with Gasteiger partial charge in [-0.3, -0.25) is 9.59 Å². The molecule has 1 heterocycles. The molecule has 1 N–H and O–H groups in total. The number of amides is 2. The molecular weight excluding hydrogens is 540 g/mol. The van der Waals surface area contributed by atoms with Gasteiger partial charge >= 0.3 is 0 Å². The lowest BCUT2D eigenvalue weighted by atomic mass is 9.93. The van der Waals surface area contributed by atoms with Crippen LogP contribution in [0.5, 0.6) is 11.5 Å². The number of para-hydroxylation sites is 2. The first kappa shape index (κ1) is 30.1. The van der Waals surface area contributed by atoms with Crippen LogP contribution in [0.4, 0.5) is 0 Å². The van der Waals surface area contributed by atoms with Gasteiger partial charge in [-0.1, -0.05) is 67.8 Å². The van der Waals surface area contributed by atoms with Crippen LogP contribution in [0.3, 0.4) is 0 Å². The maximum absolute atomic E-state index is 14.0. The number of nitrogens with zero attached hydrogens (tertiary/aromatic N) is 3. The molecule has 8 nitrogen and oxygen atoms in total. The second kappa shape index (κ2) is 14.7. The van der Waals surface area contributed by atoms with E-state index in [0.717, 1.165) is 40.8 Å². The summed E-state index contributed by atoms with van der Waals surface area (Å²) in [6, 6.07) is 24.0. The van der Waals surface area contributed by atoms with Crippen LogP contribution in [-0.2, 0) is 35.5 Å². The maximum atomic E-state index is 14.0. The Bertz CT molecular complexity index is 1510. The zero-order valence-corrected chi connectivity index (χ0v) is 25.3. The quantitative estimate of drug-likeness (QED) is 0.204. The third kappa shape index (κ3) is 7.74. The molecule has 43 heavy (non-hydrogen) atoms. The molecule has 2 amide bonds. The van der Waals surface area contributed by atoms with E-state index in [1.165, 1.54) is 19.3 Å². The van der Waals surface area contributed by atoms with Crippen LogP contribution in [0.15, 0.2) is 72.8 Å². The highest BCUT2D eigenvalue weighted by molar-refractivity contribution is 5.81. The molecule has 0 atom stereocenters. The van der Waals surface area contributed by atoms with Crippen molar-refractivity contribution in [3.8, 4) is 11.5 Å². The Morgan fingerprint density at radius 1 is 0.907 bits per heavy atom. The summed E-state index contributed by atoms with van der Waals surface area (Å²) >= 11 is 0. The lowest BCUT2D eigenvalue weighted by Gasteiger charge is -2.35. The zero-order chi connectivity index (χ0) is 30.0. The second-order valence-corrected chi connectivity index (χ2v) is 11.2. The molecule has 1 aliphatic rings.